The first-order chi connectivity index (χ1) is 10.9. The predicted molar refractivity (Wildman–Crippen MR) is 99.2 cm³/mol. The molecule has 0 aliphatic carbocycles. The summed E-state index contributed by atoms with van der Waals surface area (Å²) in [5.74, 6) is -1.09. The van der Waals surface area contributed by atoms with Gasteiger partial charge in [-0.25, -0.2) is 3.97 Å². The number of hydrogen-bond donors (Lipinski definition) is 4. The molecule has 0 amide bonds. The lowest BCUT2D eigenvalue weighted by Crippen LogP contribution is -2.17. The molecule has 1 rings (SSSR count). The SMILES string of the molecule is CC(C)(C)c1cc(SOP(=O)(O)CP(=O)(O)O)cc(C(C)(C)C)c1O. The molecule has 0 bridgehead atoms. The van der Waals surface area contributed by atoms with Crippen molar-refractivity contribution in [1.82, 2.24) is 0 Å². The monoisotopic (exact) mass is 412 g/mol. The van der Waals surface area contributed by atoms with Crippen LogP contribution < -0.4 is 0 Å². The Morgan fingerprint density at radius 2 is 1.36 bits per heavy atom. The standard InChI is InChI=1S/C15H26O7P2S/c1-14(2,3)11-7-10(8-12(13(11)16)15(4,5)6)25-22-24(20,21)9-23(17,18)19/h7-8,16H,9H2,1-6H3,(H,20,21)(H2,17,18,19). The van der Waals surface area contributed by atoms with Crippen LogP contribution in [-0.4, -0.2) is 25.7 Å². The molecule has 0 fully saturated rings. The third kappa shape index (κ3) is 7.06. The van der Waals surface area contributed by atoms with Gasteiger partial charge in [0.05, 0.1) is 0 Å². The summed E-state index contributed by atoms with van der Waals surface area (Å²) < 4.78 is 27.5. The van der Waals surface area contributed by atoms with E-state index in [1.165, 1.54) is 0 Å². The molecule has 10 heteroatoms. The molecule has 0 radical (unpaired) electrons. The number of hydrogen-bond acceptors (Lipinski definition) is 5. The van der Waals surface area contributed by atoms with Crippen LogP contribution in [0.4, 0.5) is 0 Å². The minimum Gasteiger partial charge on any atom is -0.507 e. The quantitative estimate of drug-likeness (QED) is 0.416. The highest BCUT2D eigenvalue weighted by Crippen LogP contribution is 2.58. The number of benzene rings is 1. The van der Waals surface area contributed by atoms with Crippen LogP contribution in [0.2, 0.25) is 0 Å². The van der Waals surface area contributed by atoms with Crippen molar-refractivity contribution in [1.29, 1.82) is 0 Å². The van der Waals surface area contributed by atoms with Gasteiger partial charge in [0.15, 0.2) is 5.90 Å². The van der Waals surface area contributed by atoms with E-state index in [1.54, 1.807) is 12.1 Å². The smallest absolute Gasteiger partial charge is 0.351 e. The van der Waals surface area contributed by atoms with Crippen LogP contribution in [0.15, 0.2) is 17.0 Å². The Labute approximate surface area is 152 Å². The fraction of sp³-hybridized carbons (Fsp3) is 0.600. The normalized spacial score (nSPS) is 15.9. The molecule has 0 heterocycles. The summed E-state index contributed by atoms with van der Waals surface area (Å²) in [6.07, 6.45) is 0. The molecule has 1 aromatic carbocycles. The summed E-state index contributed by atoms with van der Waals surface area (Å²) in [5.41, 5.74) is 0.535. The molecule has 1 atom stereocenters. The van der Waals surface area contributed by atoms with E-state index in [0.29, 0.717) is 28.1 Å². The summed E-state index contributed by atoms with van der Waals surface area (Å²) in [6.45, 7) is 11.6. The Bertz CT molecular complexity index is 693. The van der Waals surface area contributed by atoms with Crippen molar-refractivity contribution < 1.29 is 32.9 Å². The van der Waals surface area contributed by atoms with E-state index in [2.05, 4.69) is 0 Å². The topological polar surface area (TPSA) is 124 Å². The summed E-state index contributed by atoms with van der Waals surface area (Å²) >= 11 is 0.570. The molecule has 0 spiro atoms. The maximum absolute atomic E-state index is 11.8. The average molecular weight is 412 g/mol. The summed E-state index contributed by atoms with van der Waals surface area (Å²) in [4.78, 5) is 27.8. The number of phenols is 1. The van der Waals surface area contributed by atoms with Gasteiger partial charge in [-0.2, -0.15) is 0 Å². The summed E-state index contributed by atoms with van der Waals surface area (Å²) in [5, 5.41) is 10.6. The maximum Gasteiger partial charge on any atom is 0.351 e. The molecule has 1 unspecified atom stereocenters. The second-order valence-electron chi connectivity index (χ2n) is 7.97. The van der Waals surface area contributed by atoms with E-state index >= 15 is 0 Å². The lowest BCUT2D eigenvalue weighted by Gasteiger charge is -2.28. The first-order valence-corrected chi connectivity index (χ1v) is 11.8. The maximum atomic E-state index is 11.8. The zero-order chi connectivity index (χ0) is 19.8. The minimum absolute atomic E-state index is 0.159. The van der Waals surface area contributed by atoms with E-state index in [9.17, 15) is 19.1 Å². The highest BCUT2D eigenvalue weighted by atomic mass is 32.2. The van der Waals surface area contributed by atoms with Crippen LogP contribution in [0.3, 0.4) is 0 Å². The summed E-state index contributed by atoms with van der Waals surface area (Å²) in [7, 11) is -9.15. The van der Waals surface area contributed by atoms with Gasteiger partial charge in [-0.1, -0.05) is 41.5 Å². The predicted octanol–water partition coefficient (Wildman–Crippen LogP) is 4.33. The van der Waals surface area contributed by atoms with Crippen LogP contribution in [-0.2, 0) is 23.9 Å². The molecule has 7 nitrogen and oxygen atoms in total. The molecule has 0 aliphatic rings. The van der Waals surface area contributed by atoms with E-state index in [0.717, 1.165) is 0 Å². The van der Waals surface area contributed by atoms with Gasteiger partial charge >= 0.3 is 15.2 Å². The van der Waals surface area contributed by atoms with Gasteiger partial charge in [-0.15, -0.1) is 0 Å². The first-order valence-electron chi connectivity index (χ1n) is 7.53. The van der Waals surface area contributed by atoms with E-state index in [4.69, 9.17) is 13.8 Å². The van der Waals surface area contributed by atoms with Gasteiger partial charge in [-0.3, -0.25) is 9.13 Å². The Hall–Kier alpha value is -0.330. The fourth-order valence-electron chi connectivity index (χ4n) is 2.16. The van der Waals surface area contributed by atoms with Crippen molar-refractivity contribution in [2.45, 2.75) is 57.3 Å². The zero-order valence-electron chi connectivity index (χ0n) is 15.2. The van der Waals surface area contributed by atoms with Crippen molar-refractivity contribution in [2.75, 3.05) is 5.90 Å². The zero-order valence-corrected chi connectivity index (χ0v) is 17.8. The van der Waals surface area contributed by atoms with Crippen LogP contribution in [0.5, 0.6) is 5.75 Å². The van der Waals surface area contributed by atoms with E-state index in [1.807, 2.05) is 41.5 Å². The second-order valence-corrected chi connectivity index (χ2v) is 12.9. The highest BCUT2D eigenvalue weighted by molar-refractivity contribution is 7.98. The third-order valence-electron chi connectivity index (χ3n) is 3.31. The molecular weight excluding hydrogens is 386 g/mol. The first kappa shape index (κ1) is 22.7. The van der Waals surface area contributed by atoms with E-state index < -0.39 is 21.1 Å². The van der Waals surface area contributed by atoms with Crippen LogP contribution in [0, 0.1) is 0 Å². The Morgan fingerprint density at radius 3 is 1.68 bits per heavy atom. The van der Waals surface area contributed by atoms with Crippen molar-refractivity contribution in [2.24, 2.45) is 0 Å². The van der Waals surface area contributed by atoms with E-state index in [-0.39, 0.29) is 16.6 Å². The molecule has 1 aromatic rings. The van der Waals surface area contributed by atoms with Gasteiger partial charge in [0, 0.05) is 28.1 Å². The van der Waals surface area contributed by atoms with Gasteiger partial charge in [-0.05, 0) is 23.0 Å². The second kappa shape index (κ2) is 7.35. The molecular formula is C15H26O7P2S. The molecule has 4 N–H and O–H groups in total. The Balaban J connectivity index is 3.25. The Kier molecular flexibility index (Phi) is 6.68. The van der Waals surface area contributed by atoms with Crippen LogP contribution >= 0.6 is 27.2 Å². The molecule has 0 aromatic heterocycles. The van der Waals surface area contributed by atoms with Crippen molar-refractivity contribution in [3.05, 3.63) is 23.3 Å². The number of aromatic hydroxyl groups is 1. The lowest BCUT2D eigenvalue weighted by molar-refractivity contribution is 0.367. The Morgan fingerprint density at radius 1 is 0.960 bits per heavy atom. The van der Waals surface area contributed by atoms with Gasteiger partial charge in [0.1, 0.15) is 5.75 Å². The lowest BCUT2D eigenvalue weighted by atomic mass is 9.79. The van der Waals surface area contributed by atoms with Gasteiger partial charge in [0.25, 0.3) is 0 Å². The molecule has 0 saturated carbocycles. The van der Waals surface area contributed by atoms with Crippen LogP contribution in [0.25, 0.3) is 0 Å². The summed E-state index contributed by atoms with van der Waals surface area (Å²) in [6, 6.07) is 3.29. The number of phenolic OH excluding ortho intramolecular Hbond substituents is 1. The largest absolute Gasteiger partial charge is 0.507 e. The fourth-order valence-corrected chi connectivity index (χ4v) is 5.77. The molecule has 25 heavy (non-hydrogen) atoms. The van der Waals surface area contributed by atoms with Crippen molar-refractivity contribution >= 4 is 27.2 Å². The van der Waals surface area contributed by atoms with Crippen molar-refractivity contribution in [3.63, 3.8) is 0 Å². The van der Waals surface area contributed by atoms with Gasteiger partial charge < -0.3 is 19.8 Å². The third-order valence-corrected chi connectivity index (χ3v) is 7.87. The van der Waals surface area contributed by atoms with Crippen molar-refractivity contribution in [3.8, 4) is 5.75 Å². The van der Waals surface area contributed by atoms with Gasteiger partial charge in [0.2, 0.25) is 0 Å². The molecule has 144 valence electrons. The molecule has 0 aliphatic heterocycles. The highest BCUT2D eigenvalue weighted by Gasteiger charge is 2.32. The molecule has 0 saturated heterocycles. The van der Waals surface area contributed by atoms with Crippen LogP contribution in [0.1, 0.15) is 52.7 Å². The average Bonchev–Trinajstić information content (AvgIpc) is 2.31. The number of rotatable bonds is 5. The minimum atomic E-state index is -4.68.